The predicted molar refractivity (Wildman–Crippen MR) is 72.9 cm³/mol. The van der Waals surface area contributed by atoms with E-state index in [9.17, 15) is 4.79 Å². The van der Waals surface area contributed by atoms with Crippen molar-refractivity contribution in [3.05, 3.63) is 0 Å². The molecule has 1 fully saturated rings. The van der Waals surface area contributed by atoms with Crippen molar-refractivity contribution >= 4 is 5.91 Å². The highest BCUT2D eigenvalue weighted by Crippen LogP contribution is 2.35. The van der Waals surface area contributed by atoms with E-state index in [2.05, 4.69) is 32.6 Å². The fourth-order valence-electron chi connectivity index (χ4n) is 2.45. The second-order valence-electron chi connectivity index (χ2n) is 7.81. The molecule has 1 atom stereocenters. The van der Waals surface area contributed by atoms with Gasteiger partial charge in [0.2, 0.25) is 5.91 Å². The van der Waals surface area contributed by atoms with Crippen molar-refractivity contribution in [3.8, 4) is 0 Å². The zero-order valence-electron chi connectivity index (χ0n) is 12.6. The Hall–Kier alpha value is -0.530. The van der Waals surface area contributed by atoms with Crippen LogP contribution in [0.5, 0.6) is 0 Å². The minimum absolute atomic E-state index is 0.255. The number of hydrogen-bond donors (Lipinski definition) is 0. The molecule has 17 heavy (non-hydrogen) atoms. The van der Waals surface area contributed by atoms with Crippen LogP contribution in [0.25, 0.3) is 0 Å². The average Bonchev–Trinajstić information content (AvgIpc) is 2.82. The molecule has 0 aromatic heterocycles. The van der Waals surface area contributed by atoms with E-state index in [-0.39, 0.29) is 10.8 Å². The zero-order chi connectivity index (χ0) is 13.4. The van der Waals surface area contributed by atoms with Crippen LogP contribution in [0.2, 0.25) is 0 Å². The molecule has 0 radical (unpaired) electrons. The van der Waals surface area contributed by atoms with Gasteiger partial charge in [-0.15, -0.1) is 0 Å². The van der Waals surface area contributed by atoms with E-state index in [1.165, 1.54) is 12.8 Å². The van der Waals surface area contributed by atoms with Gasteiger partial charge >= 0.3 is 0 Å². The van der Waals surface area contributed by atoms with Gasteiger partial charge in [-0.3, -0.25) is 4.79 Å². The lowest BCUT2D eigenvalue weighted by molar-refractivity contribution is -0.142. The Morgan fingerprint density at radius 2 is 1.65 bits per heavy atom. The summed E-state index contributed by atoms with van der Waals surface area (Å²) < 4.78 is 0. The molecular formula is C15H29NO. The van der Waals surface area contributed by atoms with E-state index in [4.69, 9.17) is 0 Å². The normalized spacial score (nSPS) is 19.0. The van der Waals surface area contributed by atoms with E-state index < -0.39 is 0 Å². The Kier molecular flexibility index (Phi) is 3.95. The first-order chi connectivity index (χ1) is 7.52. The van der Waals surface area contributed by atoms with Crippen LogP contribution in [0.15, 0.2) is 0 Å². The predicted octanol–water partition coefficient (Wildman–Crippen LogP) is 3.85. The zero-order valence-corrected chi connectivity index (χ0v) is 12.6. The van der Waals surface area contributed by atoms with Gasteiger partial charge in [-0.25, -0.2) is 0 Å². The smallest absolute Gasteiger partial charge is 0.228 e. The van der Waals surface area contributed by atoms with Gasteiger partial charge in [0, 0.05) is 17.5 Å². The number of carbonyl (C=O) groups excluding carboxylic acids is 1. The molecule has 0 aromatic rings. The number of hydrogen-bond acceptors (Lipinski definition) is 1. The molecule has 0 bridgehead atoms. The van der Waals surface area contributed by atoms with Gasteiger partial charge in [-0.2, -0.15) is 0 Å². The van der Waals surface area contributed by atoms with Gasteiger partial charge in [0.25, 0.3) is 0 Å². The lowest BCUT2D eigenvalue weighted by Crippen LogP contribution is -2.47. The largest absolute Gasteiger partial charge is 0.337 e. The summed E-state index contributed by atoms with van der Waals surface area (Å²) in [5.41, 5.74) is 0.0272. The molecular weight excluding hydrogens is 210 g/mol. The Morgan fingerprint density at radius 3 is 1.94 bits per heavy atom. The van der Waals surface area contributed by atoms with Gasteiger partial charge in [-0.1, -0.05) is 41.5 Å². The molecule has 100 valence electrons. The Balaban J connectivity index is 2.76. The summed E-state index contributed by atoms with van der Waals surface area (Å²) in [4.78, 5) is 14.7. The summed E-state index contributed by atoms with van der Waals surface area (Å²) in [5, 5.41) is 0. The monoisotopic (exact) mass is 239 g/mol. The topological polar surface area (TPSA) is 20.3 Å². The van der Waals surface area contributed by atoms with Crippen molar-refractivity contribution in [2.75, 3.05) is 0 Å². The fourth-order valence-corrected chi connectivity index (χ4v) is 2.45. The Morgan fingerprint density at radius 1 is 1.18 bits per heavy atom. The van der Waals surface area contributed by atoms with E-state index in [0.29, 0.717) is 18.0 Å². The molecule has 0 aliphatic heterocycles. The van der Waals surface area contributed by atoms with Crippen molar-refractivity contribution < 1.29 is 4.79 Å². The van der Waals surface area contributed by atoms with Crippen molar-refractivity contribution in [2.24, 2.45) is 10.8 Å². The van der Waals surface area contributed by atoms with Crippen LogP contribution < -0.4 is 0 Å². The number of nitrogens with zero attached hydrogens (tertiary/aromatic N) is 1. The molecule has 1 saturated carbocycles. The molecule has 1 aliphatic rings. The molecule has 0 N–H and O–H groups in total. The highest BCUT2D eigenvalue weighted by atomic mass is 16.2. The molecule has 0 saturated heterocycles. The third-order valence-electron chi connectivity index (χ3n) is 3.20. The lowest BCUT2D eigenvalue weighted by Gasteiger charge is -2.37. The summed E-state index contributed by atoms with van der Waals surface area (Å²) in [6, 6.07) is 0.869. The van der Waals surface area contributed by atoms with Gasteiger partial charge in [-0.05, 0) is 31.6 Å². The number of carbonyl (C=O) groups is 1. The first-order valence-corrected chi connectivity index (χ1v) is 6.85. The molecule has 0 spiro atoms. The van der Waals surface area contributed by atoms with Crippen molar-refractivity contribution in [1.82, 2.24) is 4.90 Å². The lowest BCUT2D eigenvalue weighted by atomic mass is 9.86. The average molecular weight is 239 g/mol. The summed E-state index contributed by atoms with van der Waals surface area (Å²) in [7, 11) is 0. The second-order valence-corrected chi connectivity index (χ2v) is 7.81. The first kappa shape index (κ1) is 14.5. The molecule has 0 unspecified atom stereocenters. The maximum Gasteiger partial charge on any atom is 0.228 e. The SMILES string of the molecule is C[C@@H](CC(C)(C)C)N(C(=O)C(C)(C)C)C1CC1. The third-order valence-corrected chi connectivity index (χ3v) is 3.20. The highest BCUT2D eigenvalue weighted by molar-refractivity contribution is 5.82. The van der Waals surface area contributed by atoms with Gasteiger partial charge in [0.05, 0.1) is 0 Å². The maximum absolute atomic E-state index is 12.5. The van der Waals surface area contributed by atoms with Crippen LogP contribution in [0.4, 0.5) is 0 Å². The number of rotatable bonds is 3. The maximum atomic E-state index is 12.5. The quantitative estimate of drug-likeness (QED) is 0.732. The highest BCUT2D eigenvalue weighted by Gasteiger charge is 2.40. The van der Waals surface area contributed by atoms with Gasteiger partial charge in [0.1, 0.15) is 0 Å². The van der Waals surface area contributed by atoms with Crippen LogP contribution in [0.1, 0.15) is 67.7 Å². The van der Waals surface area contributed by atoms with E-state index in [1.807, 2.05) is 20.8 Å². The van der Waals surface area contributed by atoms with Crippen LogP contribution in [0, 0.1) is 10.8 Å². The van der Waals surface area contributed by atoms with E-state index >= 15 is 0 Å². The molecule has 1 aliphatic carbocycles. The van der Waals surface area contributed by atoms with Crippen LogP contribution in [0.3, 0.4) is 0 Å². The van der Waals surface area contributed by atoms with E-state index in [0.717, 1.165) is 6.42 Å². The van der Waals surface area contributed by atoms with Crippen LogP contribution in [-0.2, 0) is 4.79 Å². The summed E-state index contributed by atoms with van der Waals surface area (Å²) >= 11 is 0. The molecule has 0 aromatic carbocycles. The van der Waals surface area contributed by atoms with Crippen LogP contribution in [-0.4, -0.2) is 22.9 Å². The minimum atomic E-state index is -0.255. The Labute approximate surface area is 107 Å². The standard InChI is InChI=1S/C15H29NO/c1-11(10-14(2,3)4)16(12-8-9-12)13(17)15(5,6)7/h11-12H,8-10H2,1-7H3/t11-/m0/s1. The fraction of sp³-hybridized carbons (Fsp3) is 0.933. The minimum Gasteiger partial charge on any atom is -0.337 e. The molecule has 1 rings (SSSR count). The van der Waals surface area contributed by atoms with Gasteiger partial charge in [0.15, 0.2) is 0 Å². The molecule has 0 heterocycles. The van der Waals surface area contributed by atoms with Crippen molar-refractivity contribution in [1.29, 1.82) is 0 Å². The summed E-state index contributed by atoms with van der Waals surface area (Å²) in [6.45, 7) is 15.0. The third kappa shape index (κ3) is 4.33. The van der Waals surface area contributed by atoms with Gasteiger partial charge < -0.3 is 4.90 Å². The molecule has 2 heteroatoms. The van der Waals surface area contributed by atoms with Crippen LogP contribution >= 0.6 is 0 Å². The number of amides is 1. The summed E-state index contributed by atoms with van der Waals surface area (Å²) in [6.07, 6.45) is 3.46. The van der Waals surface area contributed by atoms with Crippen molar-refractivity contribution in [2.45, 2.75) is 79.8 Å². The first-order valence-electron chi connectivity index (χ1n) is 6.85. The summed E-state index contributed by atoms with van der Waals surface area (Å²) in [5.74, 6) is 0.316. The van der Waals surface area contributed by atoms with E-state index in [1.54, 1.807) is 0 Å². The Bertz CT molecular complexity index is 278. The molecule has 2 nitrogen and oxygen atoms in total. The molecule has 1 amide bonds. The second kappa shape index (κ2) is 4.62. The van der Waals surface area contributed by atoms with Crippen molar-refractivity contribution in [3.63, 3.8) is 0 Å².